The summed E-state index contributed by atoms with van der Waals surface area (Å²) < 4.78 is 0. The van der Waals surface area contributed by atoms with Gasteiger partial charge in [0.1, 0.15) is 0 Å². The van der Waals surface area contributed by atoms with Gasteiger partial charge in [-0.15, -0.1) is 0 Å². The highest BCUT2D eigenvalue weighted by atomic mass is 28.3. The average molecular weight is 104 g/mol. The van der Waals surface area contributed by atoms with Crippen molar-refractivity contribution >= 4 is 19.0 Å². The van der Waals surface area contributed by atoms with Gasteiger partial charge < -0.3 is 0 Å². The van der Waals surface area contributed by atoms with E-state index in [4.69, 9.17) is 0 Å². The van der Waals surface area contributed by atoms with Crippen molar-refractivity contribution in [2.24, 2.45) is 0 Å². The Balaban J connectivity index is 2.54. The molecular weight excluding hydrogens is 92.2 g/mol. The van der Waals surface area contributed by atoms with Crippen molar-refractivity contribution in [3.05, 3.63) is 0 Å². The fourth-order valence-corrected chi connectivity index (χ4v) is 0. The molecule has 32 valence electrons. The topological polar surface area (TPSA) is 0 Å². The number of hydrogen-bond acceptors (Lipinski definition) is 0. The van der Waals surface area contributed by atoms with Crippen molar-refractivity contribution in [3.8, 4) is 0 Å². The Morgan fingerprint density at radius 3 is 1.80 bits per heavy atom. The minimum atomic E-state index is -0.0880. The normalized spacial score (nSPS) is 10.2. The molecule has 0 aliphatic rings. The molecule has 0 bridgehead atoms. The molecule has 0 aromatic rings. The van der Waals surface area contributed by atoms with Crippen LogP contribution in [0.15, 0.2) is 0 Å². The summed E-state index contributed by atoms with van der Waals surface area (Å²) in [5.74, 6) is 0. The lowest BCUT2D eigenvalue weighted by Crippen LogP contribution is -1.95. The zero-order valence-corrected chi connectivity index (χ0v) is 7.44. The van der Waals surface area contributed by atoms with Gasteiger partial charge in [0.05, 0.1) is 0 Å². The molecule has 0 aromatic carbocycles. The van der Waals surface area contributed by atoms with Crippen LogP contribution in [0.2, 0.25) is 18.8 Å². The van der Waals surface area contributed by atoms with Crippen molar-refractivity contribution in [2.45, 2.75) is 18.8 Å². The second kappa shape index (κ2) is 2.66. The van der Waals surface area contributed by atoms with E-state index in [1.165, 1.54) is 10.2 Å². The maximum atomic E-state index is 2.40. The number of rotatable bonds is 1. The summed E-state index contributed by atoms with van der Waals surface area (Å²) in [5.41, 5.74) is 1.58. The molecule has 0 saturated heterocycles. The summed E-state index contributed by atoms with van der Waals surface area (Å²) in [5, 5.41) is 0. The largest absolute Gasteiger partial charge is 0.0725 e. The van der Waals surface area contributed by atoms with Crippen LogP contribution in [0, 0.1) is 0 Å². The maximum absolute atomic E-state index is 2.40. The van der Waals surface area contributed by atoms with Gasteiger partial charge in [0.2, 0.25) is 0 Å². The molecule has 0 spiro atoms. The van der Waals surface area contributed by atoms with Crippen LogP contribution in [0.5, 0.6) is 0 Å². The van der Waals surface area contributed by atoms with Crippen LogP contribution in [0.3, 0.4) is 0 Å². The van der Waals surface area contributed by atoms with Crippen molar-refractivity contribution < 1.29 is 0 Å². The highest BCUT2D eigenvalue weighted by Gasteiger charge is 1.83. The molecular formula is C3H12Si2. The van der Waals surface area contributed by atoms with Crippen LogP contribution >= 0.6 is 0 Å². The van der Waals surface area contributed by atoms with E-state index in [-0.39, 0.29) is 8.80 Å². The van der Waals surface area contributed by atoms with Crippen molar-refractivity contribution in [3.63, 3.8) is 0 Å². The van der Waals surface area contributed by atoms with E-state index in [1.54, 1.807) is 5.67 Å². The van der Waals surface area contributed by atoms with Crippen molar-refractivity contribution in [2.75, 3.05) is 0 Å². The fraction of sp³-hybridized carbons (Fsp3) is 1.00. The molecule has 0 aromatic heterocycles. The average Bonchev–Trinajstić information content (AvgIpc) is 1.38. The van der Waals surface area contributed by atoms with Gasteiger partial charge in [0.15, 0.2) is 0 Å². The SMILES string of the molecule is C[SiH](C)C[SiH3]. The summed E-state index contributed by atoms with van der Waals surface area (Å²) in [6.07, 6.45) is 0. The fourth-order valence-electron chi connectivity index (χ4n) is 0. The Morgan fingerprint density at radius 2 is 1.80 bits per heavy atom. The zero-order chi connectivity index (χ0) is 4.28. The van der Waals surface area contributed by atoms with Crippen molar-refractivity contribution in [1.82, 2.24) is 0 Å². The molecule has 0 amide bonds. The molecule has 0 aliphatic heterocycles. The van der Waals surface area contributed by atoms with Crippen LogP contribution in [0.25, 0.3) is 0 Å². The quantitative estimate of drug-likeness (QED) is 0.404. The first kappa shape index (κ1) is 5.43. The highest BCUT2D eigenvalue weighted by molar-refractivity contribution is 6.62. The first-order chi connectivity index (χ1) is 2.27. The molecule has 0 unspecified atom stereocenters. The molecule has 0 atom stereocenters. The summed E-state index contributed by atoms with van der Waals surface area (Å²) >= 11 is 0. The molecule has 0 radical (unpaired) electrons. The summed E-state index contributed by atoms with van der Waals surface area (Å²) in [6, 6.07) is 0. The lowest BCUT2D eigenvalue weighted by atomic mass is 11.8. The highest BCUT2D eigenvalue weighted by Crippen LogP contribution is 1.79. The minimum absolute atomic E-state index is 0.0880. The van der Waals surface area contributed by atoms with Gasteiger partial charge in [0.25, 0.3) is 0 Å². The predicted octanol–water partition coefficient (Wildman–Crippen LogP) is -0.204. The van der Waals surface area contributed by atoms with Gasteiger partial charge in [-0.2, -0.15) is 0 Å². The Bertz CT molecular complexity index is 18.9. The van der Waals surface area contributed by atoms with Crippen molar-refractivity contribution in [1.29, 1.82) is 0 Å². The lowest BCUT2D eigenvalue weighted by Gasteiger charge is -1.87. The Kier molecular flexibility index (Phi) is 2.89. The van der Waals surface area contributed by atoms with Crippen LogP contribution in [-0.4, -0.2) is 19.0 Å². The third-order valence-electron chi connectivity index (χ3n) is 0.816. The molecule has 0 saturated carbocycles. The lowest BCUT2D eigenvalue weighted by molar-refractivity contribution is 1.83. The Morgan fingerprint density at radius 1 is 1.60 bits per heavy atom. The summed E-state index contributed by atoms with van der Waals surface area (Å²) in [4.78, 5) is 0. The minimum Gasteiger partial charge on any atom is -0.0725 e. The molecule has 0 nitrogen and oxygen atoms in total. The Hall–Kier alpha value is 0.434. The van der Waals surface area contributed by atoms with E-state index >= 15 is 0 Å². The third kappa shape index (κ3) is 4.43. The smallest absolute Gasteiger partial charge is 0.0271 e. The molecule has 0 aliphatic carbocycles. The van der Waals surface area contributed by atoms with E-state index in [1.807, 2.05) is 0 Å². The van der Waals surface area contributed by atoms with Crippen LogP contribution in [-0.2, 0) is 0 Å². The van der Waals surface area contributed by atoms with Gasteiger partial charge >= 0.3 is 0 Å². The number of hydrogen-bond donors (Lipinski definition) is 0. The molecule has 0 N–H and O–H groups in total. The van der Waals surface area contributed by atoms with Crippen LogP contribution < -0.4 is 0 Å². The molecule has 0 heterocycles. The van der Waals surface area contributed by atoms with Crippen LogP contribution in [0.1, 0.15) is 0 Å². The van der Waals surface area contributed by atoms with Gasteiger partial charge in [0, 0.05) is 8.80 Å². The van der Waals surface area contributed by atoms with E-state index in [0.29, 0.717) is 0 Å². The predicted molar refractivity (Wildman–Crippen MR) is 33.6 cm³/mol. The first-order valence-electron chi connectivity index (χ1n) is 2.27. The zero-order valence-electron chi connectivity index (χ0n) is 4.28. The van der Waals surface area contributed by atoms with Gasteiger partial charge in [-0.1, -0.05) is 18.8 Å². The molecule has 2 heteroatoms. The monoisotopic (exact) mass is 104 g/mol. The molecule has 0 fully saturated rings. The standard InChI is InChI=1S/C3H12Si2/c1-5(2)3-4/h5H,3H2,1-2,4H3. The van der Waals surface area contributed by atoms with E-state index in [9.17, 15) is 0 Å². The first-order valence-corrected chi connectivity index (χ1v) is 6.81. The van der Waals surface area contributed by atoms with E-state index < -0.39 is 0 Å². The molecule has 0 rings (SSSR count). The summed E-state index contributed by atoms with van der Waals surface area (Å²) in [6.45, 7) is 4.79. The van der Waals surface area contributed by atoms with E-state index in [2.05, 4.69) is 13.1 Å². The van der Waals surface area contributed by atoms with E-state index in [0.717, 1.165) is 0 Å². The second-order valence-electron chi connectivity index (χ2n) is 1.80. The second-order valence-corrected chi connectivity index (χ2v) is 7.86. The Labute approximate surface area is 38.6 Å². The van der Waals surface area contributed by atoms with Crippen LogP contribution in [0.4, 0.5) is 0 Å². The molecule has 5 heavy (non-hydrogen) atoms. The summed E-state index contributed by atoms with van der Waals surface area (Å²) in [7, 11) is 1.35. The maximum Gasteiger partial charge on any atom is 0.0271 e. The third-order valence-corrected chi connectivity index (χ3v) is 7.35. The van der Waals surface area contributed by atoms with Gasteiger partial charge in [-0.05, 0) is 10.2 Å². The van der Waals surface area contributed by atoms with Gasteiger partial charge in [-0.3, -0.25) is 0 Å². The van der Waals surface area contributed by atoms with Gasteiger partial charge in [-0.25, -0.2) is 0 Å².